The van der Waals surface area contributed by atoms with E-state index < -0.39 is 0 Å². The predicted molar refractivity (Wildman–Crippen MR) is 76.0 cm³/mol. The first kappa shape index (κ1) is 15.2. The Morgan fingerprint density at radius 1 is 1.38 bits per heavy atom. The van der Waals surface area contributed by atoms with Gasteiger partial charge in [0.1, 0.15) is 12.3 Å². The number of carbonyl (C=O) groups excluding carboxylic acids is 2. The molecule has 1 aromatic rings. The van der Waals surface area contributed by atoms with Gasteiger partial charge in [-0.3, -0.25) is 14.4 Å². The van der Waals surface area contributed by atoms with Gasteiger partial charge in [0.05, 0.1) is 0 Å². The number of pyridine rings is 1. The van der Waals surface area contributed by atoms with E-state index >= 15 is 0 Å². The summed E-state index contributed by atoms with van der Waals surface area (Å²) in [6, 6.07) is 4.47. The van der Waals surface area contributed by atoms with Crippen LogP contribution in [0.5, 0.6) is 0 Å². The van der Waals surface area contributed by atoms with Crippen molar-refractivity contribution in [3.05, 3.63) is 34.2 Å². The van der Waals surface area contributed by atoms with Crippen molar-refractivity contribution >= 4 is 11.8 Å². The van der Waals surface area contributed by atoms with E-state index in [1.54, 1.807) is 17.0 Å². The van der Waals surface area contributed by atoms with Crippen LogP contribution in [0.1, 0.15) is 23.3 Å². The minimum atomic E-state index is -0.303. The SMILES string of the molecule is COCC(=O)N1CCC(NC(=O)c2cccc(=O)[nH]2)CC1. The van der Waals surface area contributed by atoms with Crippen LogP contribution in [0, 0.1) is 0 Å². The van der Waals surface area contributed by atoms with Gasteiger partial charge in [0.25, 0.3) is 5.91 Å². The molecule has 0 atom stereocenters. The van der Waals surface area contributed by atoms with E-state index in [9.17, 15) is 14.4 Å². The summed E-state index contributed by atoms with van der Waals surface area (Å²) < 4.78 is 4.82. The molecule has 1 aliphatic heterocycles. The molecule has 0 aliphatic carbocycles. The van der Waals surface area contributed by atoms with Gasteiger partial charge in [-0.1, -0.05) is 6.07 Å². The fraction of sp³-hybridized carbons (Fsp3) is 0.500. The van der Waals surface area contributed by atoms with Crippen LogP contribution in [0.3, 0.4) is 0 Å². The van der Waals surface area contributed by atoms with Gasteiger partial charge in [-0.25, -0.2) is 0 Å². The molecule has 1 saturated heterocycles. The number of ether oxygens (including phenoxy) is 1. The number of likely N-dealkylation sites (tertiary alicyclic amines) is 1. The van der Waals surface area contributed by atoms with Gasteiger partial charge >= 0.3 is 0 Å². The number of aromatic nitrogens is 1. The van der Waals surface area contributed by atoms with Crippen molar-refractivity contribution in [1.82, 2.24) is 15.2 Å². The fourth-order valence-corrected chi connectivity index (χ4v) is 2.33. The van der Waals surface area contributed by atoms with Gasteiger partial charge in [-0.15, -0.1) is 0 Å². The fourth-order valence-electron chi connectivity index (χ4n) is 2.33. The number of carbonyl (C=O) groups is 2. The maximum atomic E-state index is 12.0. The van der Waals surface area contributed by atoms with Gasteiger partial charge in [0.2, 0.25) is 11.5 Å². The number of nitrogens with one attached hydrogen (secondary N) is 2. The first-order chi connectivity index (χ1) is 10.1. The molecule has 2 heterocycles. The van der Waals surface area contributed by atoms with Gasteiger partial charge in [0, 0.05) is 32.3 Å². The Morgan fingerprint density at radius 3 is 2.71 bits per heavy atom. The summed E-state index contributed by atoms with van der Waals surface area (Å²) in [7, 11) is 1.49. The molecule has 7 heteroatoms. The molecule has 0 unspecified atom stereocenters. The van der Waals surface area contributed by atoms with E-state index in [2.05, 4.69) is 10.3 Å². The summed E-state index contributed by atoms with van der Waals surface area (Å²) >= 11 is 0. The predicted octanol–water partition coefficient (Wildman–Crippen LogP) is -0.258. The normalized spacial score (nSPS) is 15.8. The van der Waals surface area contributed by atoms with Crippen LogP contribution in [0.4, 0.5) is 0 Å². The summed E-state index contributed by atoms with van der Waals surface area (Å²) in [6.07, 6.45) is 1.39. The molecule has 21 heavy (non-hydrogen) atoms. The number of rotatable bonds is 4. The zero-order chi connectivity index (χ0) is 15.2. The molecule has 114 valence electrons. The van der Waals surface area contributed by atoms with Gasteiger partial charge in [0.15, 0.2) is 0 Å². The number of hydrogen-bond acceptors (Lipinski definition) is 4. The van der Waals surface area contributed by atoms with Crippen molar-refractivity contribution in [3.8, 4) is 0 Å². The second-order valence-electron chi connectivity index (χ2n) is 4.99. The van der Waals surface area contributed by atoms with E-state index in [1.807, 2.05) is 0 Å². The van der Waals surface area contributed by atoms with Crippen molar-refractivity contribution in [3.63, 3.8) is 0 Å². The Balaban J connectivity index is 1.85. The molecular weight excluding hydrogens is 274 g/mol. The molecule has 2 rings (SSSR count). The summed E-state index contributed by atoms with van der Waals surface area (Å²) in [5.74, 6) is -0.330. The van der Waals surface area contributed by atoms with E-state index in [0.717, 1.165) is 0 Å². The number of aromatic amines is 1. The number of nitrogens with zero attached hydrogens (tertiary/aromatic N) is 1. The number of hydrogen-bond donors (Lipinski definition) is 2. The molecular formula is C14H19N3O4. The Labute approximate surface area is 122 Å². The lowest BCUT2D eigenvalue weighted by molar-refractivity contribution is -0.136. The second kappa shape index (κ2) is 7.03. The molecule has 0 bridgehead atoms. The lowest BCUT2D eigenvalue weighted by Gasteiger charge is -2.32. The first-order valence-corrected chi connectivity index (χ1v) is 6.87. The van der Waals surface area contributed by atoms with Gasteiger partial charge in [-0.2, -0.15) is 0 Å². The average Bonchev–Trinajstić information content (AvgIpc) is 2.48. The van der Waals surface area contributed by atoms with E-state index in [0.29, 0.717) is 25.9 Å². The smallest absolute Gasteiger partial charge is 0.268 e. The standard InChI is InChI=1S/C14H19N3O4/c1-21-9-13(19)17-7-5-10(6-8-17)15-14(20)11-3-2-4-12(18)16-11/h2-4,10H,5-9H2,1H3,(H,15,20)(H,16,18). The van der Waals surface area contributed by atoms with Crippen LogP contribution in [0.25, 0.3) is 0 Å². The highest BCUT2D eigenvalue weighted by Gasteiger charge is 2.24. The van der Waals surface area contributed by atoms with Crippen molar-refractivity contribution in [2.45, 2.75) is 18.9 Å². The Morgan fingerprint density at radius 2 is 2.10 bits per heavy atom. The lowest BCUT2D eigenvalue weighted by atomic mass is 10.0. The minimum Gasteiger partial charge on any atom is -0.375 e. The summed E-state index contributed by atoms with van der Waals surface area (Å²) in [5.41, 5.74) is -0.0528. The molecule has 0 spiro atoms. The summed E-state index contributed by atoms with van der Waals surface area (Å²) in [4.78, 5) is 39.1. The molecule has 1 aromatic heterocycles. The van der Waals surface area contributed by atoms with Crippen molar-refractivity contribution in [2.75, 3.05) is 26.8 Å². The number of methoxy groups -OCH3 is 1. The van der Waals surface area contributed by atoms with Crippen LogP contribution in [0.2, 0.25) is 0 Å². The molecule has 0 aromatic carbocycles. The quantitative estimate of drug-likeness (QED) is 0.800. The van der Waals surface area contributed by atoms with Crippen LogP contribution < -0.4 is 10.9 Å². The molecule has 1 fully saturated rings. The monoisotopic (exact) mass is 293 g/mol. The molecule has 7 nitrogen and oxygen atoms in total. The largest absolute Gasteiger partial charge is 0.375 e. The van der Waals surface area contributed by atoms with Crippen LogP contribution in [0.15, 0.2) is 23.0 Å². The molecule has 0 radical (unpaired) electrons. The highest BCUT2D eigenvalue weighted by Crippen LogP contribution is 2.11. The summed E-state index contributed by atoms with van der Waals surface area (Å²) in [5, 5.41) is 2.88. The third kappa shape index (κ3) is 4.16. The third-order valence-corrected chi connectivity index (χ3v) is 3.46. The highest BCUT2D eigenvalue weighted by atomic mass is 16.5. The second-order valence-corrected chi connectivity index (χ2v) is 4.99. The van der Waals surface area contributed by atoms with E-state index in [1.165, 1.54) is 13.2 Å². The minimum absolute atomic E-state index is 0.00723. The Kier molecular flexibility index (Phi) is 5.10. The van der Waals surface area contributed by atoms with Crippen molar-refractivity contribution < 1.29 is 14.3 Å². The number of amides is 2. The Bertz CT molecular complexity index is 561. The van der Waals surface area contributed by atoms with Crippen molar-refractivity contribution in [1.29, 1.82) is 0 Å². The number of H-pyrrole nitrogens is 1. The third-order valence-electron chi connectivity index (χ3n) is 3.46. The zero-order valence-corrected chi connectivity index (χ0v) is 11.9. The van der Waals surface area contributed by atoms with E-state index in [4.69, 9.17) is 4.74 Å². The maximum Gasteiger partial charge on any atom is 0.268 e. The zero-order valence-electron chi connectivity index (χ0n) is 11.9. The van der Waals surface area contributed by atoms with Crippen LogP contribution in [-0.4, -0.2) is 54.5 Å². The lowest BCUT2D eigenvalue weighted by Crippen LogP contribution is -2.47. The van der Waals surface area contributed by atoms with Crippen molar-refractivity contribution in [2.24, 2.45) is 0 Å². The van der Waals surface area contributed by atoms with E-state index in [-0.39, 0.29) is 35.7 Å². The molecule has 1 aliphatic rings. The van der Waals surface area contributed by atoms with Crippen LogP contribution >= 0.6 is 0 Å². The number of piperidine rings is 1. The first-order valence-electron chi connectivity index (χ1n) is 6.87. The van der Waals surface area contributed by atoms with Gasteiger partial charge < -0.3 is 19.9 Å². The van der Waals surface area contributed by atoms with Gasteiger partial charge in [-0.05, 0) is 18.9 Å². The molecule has 0 saturated carbocycles. The highest BCUT2D eigenvalue weighted by molar-refractivity contribution is 5.92. The molecule has 2 N–H and O–H groups in total. The van der Waals surface area contributed by atoms with Crippen LogP contribution in [-0.2, 0) is 9.53 Å². The topological polar surface area (TPSA) is 91.5 Å². The average molecular weight is 293 g/mol. The summed E-state index contributed by atoms with van der Waals surface area (Å²) in [6.45, 7) is 1.28. The molecule has 2 amide bonds. The maximum absolute atomic E-state index is 12.0. The Hall–Kier alpha value is -2.15.